The third kappa shape index (κ3) is 3.70. The number of thiazole rings is 1. The monoisotopic (exact) mass is 408 g/mol. The molecule has 0 saturated heterocycles. The van der Waals surface area contributed by atoms with Gasteiger partial charge in [0.05, 0.1) is 32.0 Å². The van der Waals surface area contributed by atoms with E-state index in [9.17, 15) is 4.39 Å². The van der Waals surface area contributed by atoms with Crippen molar-refractivity contribution >= 4 is 40.4 Å². The van der Waals surface area contributed by atoms with E-state index in [1.807, 2.05) is 12.3 Å². The first kappa shape index (κ1) is 19.1. The third-order valence-electron chi connectivity index (χ3n) is 3.64. The Morgan fingerprint density at radius 1 is 1.23 bits per heavy atom. The molecular formula is C18H18ClFN4S2. The van der Waals surface area contributed by atoms with Gasteiger partial charge in [0, 0.05) is 17.2 Å². The van der Waals surface area contributed by atoms with Crippen LogP contribution in [0.25, 0.3) is 21.8 Å². The maximum atomic E-state index is 14.0. The fourth-order valence-corrected chi connectivity index (χ4v) is 4.01. The van der Waals surface area contributed by atoms with Gasteiger partial charge in [0.2, 0.25) is 0 Å². The first-order valence-electron chi connectivity index (χ1n) is 7.84. The van der Waals surface area contributed by atoms with E-state index in [2.05, 4.69) is 30.7 Å². The van der Waals surface area contributed by atoms with Crippen molar-refractivity contribution in [1.29, 1.82) is 0 Å². The van der Waals surface area contributed by atoms with Crippen molar-refractivity contribution in [2.24, 2.45) is 0 Å². The molecule has 0 spiro atoms. The second-order valence-corrected chi connectivity index (χ2v) is 8.88. The molecule has 2 aromatic heterocycles. The number of nitrogen functional groups attached to an aromatic ring is 1. The molecule has 3 aromatic rings. The minimum atomic E-state index is -0.453. The van der Waals surface area contributed by atoms with Crippen LogP contribution in [0.15, 0.2) is 29.6 Å². The Labute approximate surface area is 165 Å². The van der Waals surface area contributed by atoms with Crippen molar-refractivity contribution in [3.8, 4) is 21.8 Å². The fraction of sp³-hybridized carbons (Fsp3) is 0.278. The van der Waals surface area contributed by atoms with Crippen LogP contribution in [0.1, 0.15) is 25.8 Å². The van der Waals surface area contributed by atoms with Crippen LogP contribution >= 0.6 is 34.7 Å². The van der Waals surface area contributed by atoms with Gasteiger partial charge in [0.15, 0.2) is 5.16 Å². The summed E-state index contributed by atoms with van der Waals surface area (Å²) in [7, 11) is 0. The number of nitrogens with two attached hydrogens (primary N) is 1. The van der Waals surface area contributed by atoms with E-state index in [4.69, 9.17) is 22.3 Å². The summed E-state index contributed by atoms with van der Waals surface area (Å²) in [4.78, 5) is 14.4. The lowest BCUT2D eigenvalue weighted by Crippen LogP contribution is -2.10. The van der Waals surface area contributed by atoms with E-state index in [1.165, 1.54) is 35.2 Å². The van der Waals surface area contributed by atoms with Crippen LogP contribution in [0.2, 0.25) is 5.02 Å². The number of rotatable bonds is 3. The molecule has 1 aromatic carbocycles. The Hall–Kier alpha value is -1.70. The highest BCUT2D eigenvalue weighted by atomic mass is 35.5. The Kier molecular flexibility index (Phi) is 5.23. The van der Waals surface area contributed by atoms with Crippen LogP contribution in [-0.2, 0) is 5.41 Å². The molecule has 0 aliphatic heterocycles. The molecule has 2 N–H and O–H groups in total. The normalized spacial score (nSPS) is 11.8. The quantitative estimate of drug-likeness (QED) is 0.344. The fourth-order valence-electron chi connectivity index (χ4n) is 2.35. The molecular weight excluding hydrogens is 391 g/mol. The third-order valence-corrected chi connectivity index (χ3v) is 6.13. The summed E-state index contributed by atoms with van der Waals surface area (Å²) in [5.41, 5.74) is 7.66. The summed E-state index contributed by atoms with van der Waals surface area (Å²) in [5, 5.41) is 1.85. The Morgan fingerprint density at radius 3 is 2.62 bits per heavy atom. The molecule has 26 heavy (non-hydrogen) atoms. The molecule has 0 unspecified atom stereocenters. The van der Waals surface area contributed by atoms with Gasteiger partial charge in [-0.05, 0) is 24.5 Å². The highest BCUT2D eigenvalue weighted by Gasteiger charge is 2.25. The van der Waals surface area contributed by atoms with Crippen molar-refractivity contribution < 1.29 is 4.39 Å². The summed E-state index contributed by atoms with van der Waals surface area (Å²) >= 11 is 9.35. The van der Waals surface area contributed by atoms with Gasteiger partial charge in [-0.15, -0.1) is 11.3 Å². The van der Waals surface area contributed by atoms with E-state index in [1.54, 1.807) is 6.20 Å². The molecule has 0 aliphatic carbocycles. The zero-order valence-electron chi connectivity index (χ0n) is 14.8. The molecule has 8 heteroatoms. The molecule has 0 bridgehead atoms. The van der Waals surface area contributed by atoms with Crippen LogP contribution in [0.5, 0.6) is 0 Å². The maximum Gasteiger partial charge on any atom is 0.187 e. The van der Waals surface area contributed by atoms with Gasteiger partial charge >= 0.3 is 0 Å². The molecule has 0 radical (unpaired) electrons. The summed E-state index contributed by atoms with van der Waals surface area (Å²) in [6, 6.07) is 4.39. The Balaban J connectivity index is 2.29. The molecule has 4 nitrogen and oxygen atoms in total. The minimum absolute atomic E-state index is 0.168. The number of halogens is 2. The number of hydrogen-bond donors (Lipinski definition) is 1. The summed E-state index contributed by atoms with van der Waals surface area (Å²) in [6.07, 6.45) is 3.62. The van der Waals surface area contributed by atoms with E-state index in [0.717, 1.165) is 15.6 Å². The van der Waals surface area contributed by atoms with Gasteiger partial charge in [-0.2, -0.15) is 0 Å². The van der Waals surface area contributed by atoms with Crippen molar-refractivity contribution in [3.63, 3.8) is 0 Å². The lowest BCUT2D eigenvalue weighted by molar-refractivity contribution is 0.586. The number of benzene rings is 1. The molecule has 0 atom stereocenters. The summed E-state index contributed by atoms with van der Waals surface area (Å²) < 4.78 is 14.0. The van der Waals surface area contributed by atoms with Gasteiger partial charge in [0.25, 0.3) is 0 Å². The highest BCUT2D eigenvalue weighted by Crippen LogP contribution is 2.43. The standard InChI is InChI=1S/C18H18ClFN4S2/c1-18(2,3)16-24-14(10-7-9(20)8-11(21)13(10)19)15(26-16)12-5-6-22-17(23-12)25-4/h5-8H,21H2,1-4H3. The molecule has 0 fully saturated rings. The van der Waals surface area contributed by atoms with Gasteiger partial charge in [0.1, 0.15) is 5.82 Å². The van der Waals surface area contributed by atoms with Crippen LogP contribution in [0, 0.1) is 5.82 Å². The molecule has 0 amide bonds. The maximum absolute atomic E-state index is 14.0. The molecule has 0 aliphatic rings. The molecule has 2 heterocycles. The molecule has 3 rings (SSSR count). The van der Waals surface area contributed by atoms with Gasteiger partial charge in [-0.3, -0.25) is 0 Å². The number of aromatic nitrogens is 3. The number of nitrogens with zero attached hydrogens (tertiary/aromatic N) is 3. The summed E-state index contributed by atoms with van der Waals surface area (Å²) in [5.74, 6) is -0.453. The van der Waals surface area contributed by atoms with Crippen LogP contribution in [0.3, 0.4) is 0 Å². The lowest BCUT2D eigenvalue weighted by atomic mass is 9.98. The van der Waals surface area contributed by atoms with Crippen molar-refractivity contribution in [2.45, 2.75) is 31.3 Å². The lowest BCUT2D eigenvalue weighted by Gasteiger charge is -2.13. The van der Waals surface area contributed by atoms with Crippen LogP contribution in [0.4, 0.5) is 10.1 Å². The largest absolute Gasteiger partial charge is 0.397 e. The number of hydrogen-bond acceptors (Lipinski definition) is 6. The van der Waals surface area contributed by atoms with E-state index < -0.39 is 5.82 Å². The van der Waals surface area contributed by atoms with Gasteiger partial charge in [-0.1, -0.05) is 44.1 Å². The van der Waals surface area contributed by atoms with Crippen LogP contribution < -0.4 is 5.73 Å². The minimum Gasteiger partial charge on any atom is -0.397 e. The Bertz CT molecular complexity index is 966. The van der Waals surface area contributed by atoms with Crippen molar-refractivity contribution in [3.05, 3.63) is 40.2 Å². The Morgan fingerprint density at radius 2 is 1.96 bits per heavy atom. The zero-order valence-corrected chi connectivity index (χ0v) is 17.2. The van der Waals surface area contributed by atoms with Crippen LogP contribution in [-0.4, -0.2) is 21.2 Å². The SMILES string of the molecule is CSc1nccc(-c2sc(C(C)(C)C)nc2-c2cc(F)cc(N)c2Cl)n1. The van der Waals surface area contributed by atoms with E-state index in [0.29, 0.717) is 16.4 Å². The smallest absolute Gasteiger partial charge is 0.187 e. The molecule has 0 saturated carbocycles. The van der Waals surface area contributed by atoms with Crippen molar-refractivity contribution in [2.75, 3.05) is 12.0 Å². The molecule has 136 valence electrons. The van der Waals surface area contributed by atoms with Crippen molar-refractivity contribution in [1.82, 2.24) is 15.0 Å². The van der Waals surface area contributed by atoms with E-state index >= 15 is 0 Å². The number of thioether (sulfide) groups is 1. The highest BCUT2D eigenvalue weighted by molar-refractivity contribution is 7.98. The topological polar surface area (TPSA) is 64.7 Å². The predicted octanol–water partition coefficient (Wildman–Crippen LogP) is 5.66. The van der Waals surface area contributed by atoms with Gasteiger partial charge < -0.3 is 5.73 Å². The summed E-state index contributed by atoms with van der Waals surface area (Å²) in [6.45, 7) is 6.23. The zero-order chi connectivity index (χ0) is 19.1. The van der Waals surface area contributed by atoms with E-state index in [-0.39, 0.29) is 16.1 Å². The average molecular weight is 409 g/mol. The number of anilines is 1. The van der Waals surface area contributed by atoms with Gasteiger partial charge in [-0.25, -0.2) is 19.3 Å². The second kappa shape index (κ2) is 7.13. The average Bonchev–Trinajstić information content (AvgIpc) is 3.03. The second-order valence-electron chi connectivity index (χ2n) is 6.73. The predicted molar refractivity (Wildman–Crippen MR) is 108 cm³/mol. The first-order valence-corrected chi connectivity index (χ1v) is 10.3. The first-order chi connectivity index (χ1) is 12.2.